The van der Waals surface area contributed by atoms with Gasteiger partial charge < -0.3 is 9.64 Å². The molecule has 176 valence electrons. The van der Waals surface area contributed by atoms with Crippen LogP contribution in [0.2, 0.25) is 0 Å². The second kappa shape index (κ2) is 9.54. The van der Waals surface area contributed by atoms with Gasteiger partial charge in [-0.05, 0) is 54.8 Å². The summed E-state index contributed by atoms with van der Waals surface area (Å²) in [5, 5.41) is 0.469. The van der Waals surface area contributed by atoms with Crippen molar-refractivity contribution in [2.24, 2.45) is 0 Å². The van der Waals surface area contributed by atoms with E-state index in [0.717, 1.165) is 35.5 Å². The first-order chi connectivity index (χ1) is 17.0. The highest BCUT2D eigenvalue weighted by Gasteiger charge is 2.21. The van der Waals surface area contributed by atoms with Crippen molar-refractivity contribution in [2.45, 2.75) is 32.9 Å². The van der Waals surface area contributed by atoms with E-state index in [0.29, 0.717) is 24.0 Å². The van der Waals surface area contributed by atoms with Crippen LogP contribution in [0, 0.1) is 6.92 Å². The van der Waals surface area contributed by atoms with Gasteiger partial charge in [-0.1, -0.05) is 42.5 Å². The first kappa shape index (κ1) is 22.5. The Morgan fingerprint density at radius 1 is 1.03 bits per heavy atom. The fourth-order valence-electron chi connectivity index (χ4n) is 4.38. The molecule has 0 saturated carbocycles. The Bertz CT molecular complexity index is 1480. The van der Waals surface area contributed by atoms with Gasteiger partial charge in [-0.2, -0.15) is 0 Å². The molecule has 0 aliphatic carbocycles. The van der Waals surface area contributed by atoms with E-state index in [1.54, 1.807) is 27.7 Å². The lowest BCUT2D eigenvalue weighted by Gasteiger charge is -2.23. The summed E-state index contributed by atoms with van der Waals surface area (Å²) in [7, 11) is 0. The summed E-state index contributed by atoms with van der Waals surface area (Å²) in [5.41, 5.74) is 3.36. The molecule has 7 nitrogen and oxygen atoms in total. The molecule has 0 atom stereocenters. The molecule has 0 N–H and O–H groups in total. The van der Waals surface area contributed by atoms with Crippen molar-refractivity contribution in [2.75, 3.05) is 11.5 Å². The van der Waals surface area contributed by atoms with E-state index in [1.807, 2.05) is 61.5 Å². The van der Waals surface area contributed by atoms with Gasteiger partial charge in [0.25, 0.3) is 11.5 Å². The number of anilines is 1. The van der Waals surface area contributed by atoms with Crippen LogP contribution in [0.3, 0.4) is 0 Å². The molecule has 7 heteroatoms. The Kier molecular flexibility index (Phi) is 6.14. The molecule has 0 unspecified atom stereocenters. The molecule has 5 rings (SSSR count). The highest BCUT2D eigenvalue weighted by atomic mass is 16.5. The SMILES string of the molecule is Cc1cccc(N(Cc2ccccc2)C(=O)COC(=O)c2ccc3c(=O)n4c(nc3c2)CCC4)c1. The zero-order valence-corrected chi connectivity index (χ0v) is 19.4. The number of amides is 1. The third-order valence-corrected chi connectivity index (χ3v) is 6.18. The van der Waals surface area contributed by atoms with Crippen LogP contribution in [-0.2, 0) is 29.0 Å². The zero-order valence-electron chi connectivity index (χ0n) is 19.4. The Morgan fingerprint density at radius 2 is 1.86 bits per heavy atom. The molecule has 0 fully saturated rings. The van der Waals surface area contributed by atoms with Crippen LogP contribution in [0.25, 0.3) is 10.9 Å². The predicted molar refractivity (Wildman–Crippen MR) is 133 cm³/mol. The molecule has 0 radical (unpaired) electrons. The van der Waals surface area contributed by atoms with Crippen molar-refractivity contribution in [3.8, 4) is 0 Å². The van der Waals surface area contributed by atoms with Crippen LogP contribution in [0.1, 0.15) is 33.7 Å². The van der Waals surface area contributed by atoms with Crippen molar-refractivity contribution in [3.05, 3.63) is 106 Å². The second-order valence-corrected chi connectivity index (χ2v) is 8.70. The number of hydrogen-bond donors (Lipinski definition) is 0. The standard InChI is InChI=1S/C28H25N3O4/c1-19-7-5-10-22(15-19)31(17-20-8-3-2-4-9-20)26(32)18-35-28(34)21-12-13-23-24(16-21)29-25-11-6-14-30(25)27(23)33/h2-5,7-10,12-13,15-16H,6,11,14,17-18H2,1H3. The minimum Gasteiger partial charge on any atom is -0.452 e. The molecular weight excluding hydrogens is 442 g/mol. The summed E-state index contributed by atoms with van der Waals surface area (Å²) in [5.74, 6) is -0.229. The van der Waals surface area contributed by atoms with Gasteiger partial charge in [0.1, 0.15) is 5.82 Å². The van der Waals surface area contributed by atoms with Crippen LogP contribution in [0.4, 0.5) is 5.69 Å². The van der Waals surface area contributed by atoms with Crippen molar-refractivity contribution in [1.82, 2.24) is 9.55 Å². The third-order valence-electron chi connectivity index (χ3n) is 6.18. The van der Waals surface area contributed by atoms with Gasteiger partial charge in [0.2, 0.25) is 0 Å². The molecule has 4 aromatic rings. The third kappa shape index (κ3) is 4.71. The minimum absolute atomic E-state index is 0.0905. The smallest absolute Gasteiger partial charge is 0.338 e. The number of rotatable bonds is 6. The van der Waals surface area contributed by atoms with E-state index in [4.69, 9.17) is 4.74 Å². The second-order valence-electron chi connectivity index (χ2n) is 8.70. The lowest BCUT2D eigenvalue weighted by Crippen LogP contribution is -2.34. The zero-order chi connectivity index (χ0) is 24.4. The van der Waals surface area contributed by atoms with Crippen molar-refractivity contribution in [3.63, 3.8) is 0 Å². The van der Waals surface area contributed by atoms with Crippen molar-refractivity contribution < 1.29 is 14.3 Å². The summed E-state index contributed by atoms with van der Waals surface area (Å²) >= 11 is 0. The highest BCUT2D eigenvalue weighted by molar-refractivity contribution is 5.98. The van der Waals surface area contributed by atoms with Gasteiger partial charge in [-0.25, -0.2) is 9.78 Å². The highest BCUT2D eigenvalue weighted by Crippen LogP contribution is 2.20. The maximum atomic E-state index is 13.2. The van der Waals surface area contributed by atoms with E-state index in [-0.39, 0.29) is 17.0 Å². The fraction of sp³-hybridized carbons (Fsp3) is 0.214. The van der Waals surface area contributed by atoms with Crippen LogP contribution in [0.15, 0.2) is 77.6 Å². The number of carbonyl (C=O) groups is 2. The van der Waals surface area contributed by atoms with Gasteiger partial charge >= 0.3 is 5.97 Å². The van der Waals surface area contributed by atoms with Crippen molar-refractivity contribution in [1.29, 1.82) is 0 Å². The molecule has 3 aromatic carbocycles. The molecule has 0 bridgehead atoms. The quantitative estimate of drug-likeness (QED) is 0.400. The van der Waals surface area contributed by atoms with Crippen LogP contribution >= 0.6 is 0 Å². The molecule has 0 saturated heterocycles. The van der Waals surface area contributed by atoms with Crippen LogP contribution in [-0.4, -0.2) is 28.0 Å². The number of aromatic nitrogens is 2. The van der Waals surface area contributed by atoms with Gasteiger partial charge in [0, 0.05) is 18.7 Å². The monoisotopic (exact) mass is 467 g/mol. The Balaban J connectivity index is 1.34. The topological polar surface area (TPSA) is 81.5 Å². The molecule has 2 heterocycles. The molecule has 0 spiro atoms. The Labute approximate surface area is 202 Å². The largest absolute Gasteiger partial charge is 0.452 e. The Hall–Kier alpha value is -4.26. The van der Waals surface area contributed by atoms with E-state index < -0.39 is 12.6 Å². The molecule has 1 amide bonds. The van der Waals surface area contributed by atoms with E-state index >= 15 is 0 Å². The number of carbonyl (C=O) groups excluding carboxylic acids is 2. The number of esters is 1. The molecule has 35 heavy (non-hydrogen) atoms. The van der Waals surface area contributed by atoms with Gasteiger partial charge in [-0.3, -0.25) is 14.2 Å². The lowest BCUT2D eigenvalue weighted by atomic mass is 10.1. The van der Waals surface area contributed by atoms with E-state index in [9.17, 15) is 14.4 Å². The first-order valence-electron chi connectivity index (χ1n) is 11.6. The summed E-state index contributed by atoms with van der Waals surface area (Å²) in [6, 6.07) is 22.0. The van der Waals surface area contributed by atoms with Crippen molar-refractivity contribution >= 4 is 28.5 Å². The first-order valence-corrected chi connectivity index (χ1v) is 11.6. The maximum Gasteiger partial charge on any atom is 0.338 e. The minimum atomic E-state index is -0.633. The molecular formula is C28H25N3O4. The number of nitrogens with zero attached hydrogens (tertiary/aromatic N) is 3. The van der Waals surface area contributed by atoms with Gasteiger partial charge in [0.15, 0.2) is 6.61 Å². The summed E-state index contributed by atoms with van der Waals surface area (Å²) in [4.78, 5) is 44.8. The fourth-order valence-corrected chi connectivity index (χ4v) is 4.38. The van der Waals surface area contributed by atoms with Gasteiger partial charge in [-0.15, -0.1) is 0 Å². The average Bonchev–Trinajstić information content (AvgIpc) is 3.35. The summed E-state index contributed by atoms with van der Waals surface area (Å²) in [6.45, 7) is 2.58. The number of ether oxygens (including phenoxy) is 1. The summed E-state index contributed by atoms with van der Waals surface area (Å²) in [6.07, 6.45) is 1.63. The number of benzene rings is 3. The number of hydrogen-bond acceptors (Lipinski definition) is 5. The average molecular weight is 468 g/mol. The number of aryl methyl sites for hydroxylation is 2. The van der Waals surface area contributed by atoms with Crippen LogP contribution < -0.4 is 10.5 Å². The van der Waals surface area contributed by atoms with Crippen LogP contribution in [0.5, 0.6) is 0 Å². The molecule has 1 aliphatic rings. The summed E-state index contributed by atoms with van der Waals surface area (Å²) < 4.78 is 7.08. The molecule has 1 aliphatic heterocycles. The van der Waals surface area contributed by atoms with E-state index in [2.05, 4.69) is 4.98 Å². The van der Waals surface area contributed by atoms with E-state index in [1.165, 1.54) is 0 Å². The maximum absolute atomic E-state index is 13.2. The lowest BCUT2D eigenvalue weighted by molar-refractivity contribution is -0.121. The molecule has 1 aromatic heterocycles. The predicted octanol–water partition coefficient (Wildman–Crippen LogP) is 4.04. The van der Waals surface area contributed by atoms with Gasteiger partial charge in [0.05, 0.1) is 23.0 Å². The Morgan fingerprint density at radius 3 is 2.66 bits per heavy atom. The number of fused-ring (bicyclic) bond motifs is 2. The normalized spacial score (nSPS) is 12.4.